The van der Waals surface area contributed by atoms with Crippen LogP contribution in [0.4, 0.5) is 0 Å². The van der Waals surface area contributed by atoms with E-state index in [4.69, 9.17) is 27.9 Å². The number of nitrogens with zero attached hydrogens (tertiary/aromatic N) is 2. The summed E-state index contributed by atoms with van der Waals surface area (Å²) >= 11 is 11.5. The summed E-state index contributed by atoms with van der Waals surface area (Å²) in [5, 5.41) is 7.92. The topological polar surface area (TPSA) is 61.3 Å². The fourth-order valence-corrected chi connectivity index (χ4v) is 1.66. The molecule has 0 spiro atoms. The van der Waals surface area contributed by atoms with Gasteiger partial charge in [-0.2, -0.15) is 0 Å². The number of ether oxygens (including phenoxy) is 2. The van der Waals surface area contributed by atoms with E-state index in [0.29, 0.717) is 10.8 Å². The molecule has 2 aromatic rings. The summed E-state index contributed by atoms with van der Waals surface area (Å²) in [6.45, 7) is 0. The van der Waals surface area contributed by atoms with E-state index >= 15 is 0 Å². The van der Waals surface area contributed by atoms with Crippen molar-refractivity contribution in [2.45, 2.75) is 0 Å². The zero-order valence-electron chi connectivity index (χ0n) is 9.76. The quantitative estimate of drug-likeness (QED) is 0.813. The molecule has 0 fully saturated rings. The van der Waals surface area contributed by atoms with Crippen molar-refractivity contribution in [3.63, 3.8) is 0 Å². The minimum absolute atomic E-state index is 0.00137. The molecular weight excluding hydrogens is 291 g/mol. The second kappa shape index (κ2) is 5.86. The van der Waals surface area contributed by atoms with E-state index in [1.807, 2.05) is 0 Å². The van der Waals surface area contributed by atoms with Gasteiger partial charge < -0.3 is 9.47 Å². The molecule has 0 N–H and O–H groups in total. The molecule has 7 heteroatoms. The predicted octanol–water partition coefficient (Wildman–Crippen LogP) is 3.36. The number of benzene rings is 1. The van der Waals surface area contributed by atoms with Gasteiger partial charge in [0.15, 0.2) is 5.15 Å². The summed E-state index contributed by atoms with van der Waals surface area (Å²) in [6, 6.07) is 7.98. The Kier molecular flexibility index (Phi) is 4.19. The molecule has 2 rings (SSSR count). The Labute approximate surface area is 119 Å². The molecule has 0 aliphatic carbocycles. The van der Waals surface area contributed by atoms with Crippen LogP contribution in [0.25, 0.3) is 0 Å². The molecule has 1 aromatic carbocycles. The third-order valence-corrected chi connectivity index (χ3v) is 2.57. The first kappa shape index (κ1) is 13.6. The maximum absolute atomic E-state index is 11.6. The van der Waals surface area contributed by atoms with E-state index in [9.17, 15) is 4.79 Å². The van der Waals surface area contributed by atoms with Crippen LogP contribution in [-0.4, -0.2) is 23.3 Å². The summed E-state index contributed by atoms with van der Waals surface area (Å²) in [5.74, 6) is -0.193. The van der Waals surface area contributed by atoms with E-state index in [2.05, 4.69) is 14.9 Å². The Morgan fingerprint density at radius 2 is 2.00 bits per heavy atom. The second-order valence-corrected chi connectivity index (χ2v) is 4.26. The van der Waals surface area contributed by atoms with Crippen LogP contribution in [0.15, 0.2) is 30.3 Å². The van der Waals surface area contributed by atoms with Gasteiger partial charge in [0, 0.05) is 5.02 Å². The Morgan fingerprint density at radius 3 is 2.68 bits per heavy atom. The van der Waals surface area contributed by atoms with Crippen molar-refractivity contribution in [1.82, 2.24) is 10.2 Å². The minimum atomic E-state index is -0.617. The lowest BCUT2D eigenvalue weighted by Crippen LogP contribution is -2.06. The van der Waals surface area contributed by atoms with Gasteiger partial charge in [0.25, 0.3) is 5.88 Å². The number of halogens is 2. The normalized spacial score (nSPS) is 10.1. The maximum atomic E-state index is 11.6. The van der Waals surface area contributed by atoms with Crippen LogP contribution in [0.2, 0.25) is 10.2 Å². The van der Waals surface area contributed by atoms with Crippen LogP contribution in [0.1, 0.15) is 10.4 Å². The van der Waals surface area contributed by atoms with Gasteiger partial charge in [-0.25, -0.2) is 4.79 Å². The number of aromatic nitrogens is 2. The number of carbonyl (C=O) groups is 1. The minimum Gasteiger partial charge on any atom is -0.465 e. The van der Waals surface area contributed by atoms with Crippen LogP contribution in [0.3, 0.4) is 0 Å². The zero-order chi connectivity index (χ0) is 13.8. The molecule has 0 aliphatic rings. The van der Waals surface area contributed by atoms with Crippen molar-refractivity contribution < 1.29 is 14.3 Å². The molecule has 0 aliphatic heterocycles. The maximum Gasteiger partial charge on any atom is 0.343 e. The fraction of sp³-hybridized carbons (Fsp3) is 0.0833. The first-order valence-corrected chi connectivity index (χ1v) is 5.90. The summed E-state index contributed by atoms with van der Waals surface area (Å²) in [7, 11) is 1.25. The van der Waals surface area contributed by atoms with E-state index in [0.717, 1.165) is 0 Å². The highest BCUT2D eigenvalue weighted by molar-refractivity contribution is 6.30. The molecule has 98 valence electrons. The second-order valence-electron chi connectivity index (χ2n) is 3.44. The summed E-state index contributed by atoms with van der Waals surface area (Å²) < 4.78 is 10.1. The lowest BCUT2D eigenvalue weighted by atomic mass is 10.3. The standard InChI is InChI=1S/C12H8Cl2N2O3/c1-18-12(17)9-6-10(14)15-16-11(9)19-8-4-2-3-7(13)5-8/h2-6H,1H3. The predicted molar refractivity (Wildman–Crippen MR) is 69.9 cm³/mol. The summed E-state index contributed by atoms with van der Waals surface area (Å²) in [5.41, 5.74) is 0.0856. The highest BCUT2D eigenvalue weighted by Crippen LogP contribution is 2.26. The monoisotopic (exact) mass is 298 g/mol. The molecule has 0 saturated carbocycles. The number of hydrogen-bond acceptors (Lipinski definition) is 5. The van der Waals surface area contributed by atoms with Gasteiger partial charge in [-0.15, -0.1) is 10.2 Å². The average molecular weight is 299 g/mol. The summed E-state index contributed by atoms with van der Waals surface area (Å²) in [4.78, 5) is 11.6. The fourth-order valence-electron chi connectivity index (χ4n) is 1.33. The van der Waals surface area contributed by atoms with Gasteiger partial charge in [-0.1, -0.05) is 29.3 Å². The van der Waals surface area contributed by atoms with Crippen LogP contribution in [0.5, 0.6) is 11.6 Å². The first-order chi connectivity index (χ1) is 9.10. The highest BCUT2D eigenvalue weighted by atomic mass is 35.5. The molecule has 0 radical (unpaired) electrons. The van der Waals surface area contributed by atoms with Crippen LogP contribution in [-0.2, 0) is 4.74 Å². The molecule has 0 atom stereocenters. The zero-order valence-corrected chi connectivity index (χ0v) is 11.3. The van der Waals surface area contributed by atoms with Crippen LogP contribution >= 0.6 is 23.2 Å². The van der Waals surface area contributed by atoms with Crippen LogP contribution in [0, 0.1) is 0 Å². The molecule has 5 nitrogen and oxygen atoms in total. The van der Waals surface area contributed by atoms with Crippen molar-refractivity contribution in [1.29, 1.82) is 0 Å². The van der Waals surface area contributed by atoms with Crippen molar-refractivity contribution in [3.05, 3.63) is 46.1 Å². The van der Waals surface area contributed by atoms with Crippen molar-refractivity contribution in [3.8, 4) is 11.6 Å². The van der Waals surface area contributed by atoms with Gasteiger partial charge in [0.1, 0.15) is 11.3 Å². The molecule has 19 heavy (non-hydrogen) atoms. The smallest absolute Gasteiger partial charge is 0.343 e. The number of esters is 1. The SMILES string of the molecule is COC(=O)c1cc(Cl)nnc1Oc1cccc(Cl)c1. The Balaban J connectivity index is 2.37. The largest absolute Gasteiger partial charge is 0.465 e. The van der Waals surface area contributed by atoms with E-state index in [-0.39, 0.29) is 16.6 Å². The van der Waals surface area contributed by atoms with E-state index in [1.165, 1.54) is 13.2 Å². The van der Waals surface area contributed by atoms with Gasteiger partial charge in [-0.05, 0) is 24.3 Å². The van der Waals surface area contributed by atoms with Gasteiger partial charge in [-0.3, -0.25) is 0 Å². The molecule has 0 saturated heterocycles. The molecular formula is C12H8Cl2N2O3. The van der Waals surface area contributed by atoms with Crippen LogP contribution < -0.4 is 4.74 Å². The lowest BCUT2D eigenvalue weighted by molar-refractivity contribution is 0.0596. The van der Waals surface area contributed by atoms with Gasteiger partial charge >= 0.3 is 5.97 Å². The Hall–Kier alpha value is -1.85. The molecule has 1 heterocycles. The van der Waals surface area contributed by atoms with Crippen molar-refractivity contribution in [2.75, 3.05) is 7.11 Å². The summed E-state index contributed by atoms with van der Waals surface area (Å²) in [6.07, 6.45) is 0. The third-order valence-electron chi connectivity index (χ3n) is 2.15. The van der Waals surface area contributed by atoms with Gasteiger partial charge in [0.05, 0.1) is 7.11 Å². The lowest BCUT2D eigenvalue weighted by Gasteiger charge is -2.08. The third kappa shape index (κ3) is 3.33. The molecule has 1 aromatic heterocycles. The van der Waals surface area contributed by atoms with E-state index in [1.54, 1.807) is 24.3 Å². The number of rotatable bonds is 3. The first-order valence-electron chi connectivity index (χ1n) is 5.15. The number of methoxy groups -OCH3 is 1. The average Bonchev–Trinajstić information content (AvgIpc) is 2.40. The van der Waals surface area contributed by atoms with Crippen molar-refractivity contribution >= 4 is 29.2 Å². The number of carbonyl (C=O) groups excluding carboxylic acids is 1. The highest BCUT2D eigenvalue weighted by Gasteiger charge is 2.17. The van der Waals surface area contributed by atoms with Crippen molar-refractivity contribution in [2.24, 2.45) is 0 Å². The van der Waals surface area contributed by atoms with E-state index < -0.39 is 5.97 Å². The number of hydrogen-bond donors (Lipinski definition) is 0. The molecule has 0 bridgehead atoms. The molecule has 0 unspecified atom stereocenters. The molecule has 0 amide bonds. The van der Waals surface area contributed by atoms with Gasteiger partial charge in [0.2, 0.25) is 0 Å². The Morgan fingerprint density at radius 1 is 1.21 bits per heavy atom. The Bertz CT molecular complexity index is 620.